The standard InChI is InChI=1S/C13H15BrFNO3/c1-3-16(7-8(2)13(18)19)12(17)10-6-9(15)4-5-11(10)14/h4-6,8H,3,7H2,1-2H3,(H,18,19). The van der Waals surface area contributed by atoms with Gasteiger partial charge in [-0.3, -0.25) is 9.59 Å². The van der Waals surface area contributed by atoms with Crippen LogP contribution in [-0.4, -0.2) is 35.0 Å². The average Bonchev–Trinajstić information content (AvgIpc) is 2.37. The van der Waals surface area contributed by atoms with Crippen molar-refractivity contribution in [2.45, 2.75) is 13.8 Å². The molecule has 4 nitrogen and oxygen atoms in total. The molecule has 0 heterocycles. The Morgan fingerprint density at radius 2 is 2.11 bits per heavy atom. The highest BCUT2D eigenvalue weighted by atomic mass is 79.9. The normalized spacial score (nSPS) is 12.0. The number of hydrogen-bond donors (Lipinski definition) is 1. The maximum atomic E-state index is 13.2. The molecule has 1 unspecified atom stereocenters. The van der Waals surface area contributed by atoms with E-state index in [-0.39, 0.29) is 18.0 Å². The predicted molar refractivity (Wildman–Crippen MR) is 72.5 cm³/mol. The van der Waals surface area contributed by atoms with E-state index in [2.05, 4.69) is 15.9 Å². The van der Waals surface area contributed by atoms with Crippen molar-refractivity contribution < 1.29 is 19.1 Å². The maximum Gasteiger partial charge on any atom is 0.308 e. The van der Waals surface area contributed by atoms with Crippen LogP contribution in [0.4, 0.5) is 4.39 Å². The molecule has 6 heteroatoms. The quantitative estimate of drug-likeness (QED) is 0.902. The van der Waals surface area contributed by atoms with Gasteiger partial charge in [0.15, 0.2) is 0 Å². The fourth-order valence-electron chi connectivity index (χ4n) is 1.60. The molecule has 0 aromatic heterocycles. The third kappa shape index (κ3) is 4.02. The zero-order valence-electron chi connectivity index (χ0n) is 10.7. The minimum Gasteiger partial charge on any atom is -0.481 e. The lowest BCUT2D eigenvalue weighted by atomic mass is 10.1. The monoisotopic (exact) mass is 331 g/mol. The minimum absolute atomic E-state index is 0.0909. The third-order valence-corrected chi connectivity index (χ3v) is 3.44. The molecule has 1 N–H and O–H groups in total. The van der Waals surface area contributed by atoms with Gasteiger partial charge in [-0.15, -0.1) is 0 Å². The van der Waals surface area contributed by atoms with Crippen molar-refractivity contribution in [3.05, 3.63) is 34.1 Å². The van der Waals surface area contributed by atoms with Gasteiger partial charge in [-0.1, -0.05) is 6.92 Å². The number of benzene rings is 1. The molecule has 0 fully saturated rings. The molecule has 0 bridgehead atoms. The van der Waals surface area contributed by atoms with Crippen LogP contribution in [0.2, 0.25) is 0 Å². The Balaban J connectivity index is 2.95. The Kier molecular flexibility index (Phi) is 5.47. The second-order valence-electron chi connectivity index (χ2n) is 4.21. The number of carbonyl (C=O) groups excluding carboxylic acids is 1. The van der Waals surface area contributed by atoms with Gasteiger partial charge in [-0.2, -0.15) is 0 Å². The van der Waals surface area contributed by atoms with Crippen LogP contribution in [0.25, 0.3) is 0 Å². The SMILES string of the molecule is CCN(CC(C)C(=O)O)C(=O)c1cc(F)ccc1Br. The van der Waals surface area contributed by atoms with Crippen LogP contribution >= 0.6 is 15.9 Å². The minimum atomic E-state index is -0.968. The van der Waals surface area contributed by atoms with Gasteiger partial charge >= 0.3 is 5.97 Å². The van der Waals surface area contributed by atoms with E-state index in [0.29, 0.717) is 11.0 Å². The fraction of sp³-hybridized carbons (Fsp3) is 0.385. The molecule has 1 amide bonds. The van der Waals surface area contributed by atoms with Gasteiger partial charge in [0, 0.05) is 17.6 Å². The number of nitrogens with zero attached hydrogens (tertiary/aromatic N) is 1. The molecule has 0 radical (unpaired) electrons. The first-order chi connectivity index (χ1) is 8.86. The van der Waals surface area contributed by atoms with E-state index in [1.165, 1.54) is 24.0 Å². The lowest BCUT2D eigenvalue weighted by Crippen LogP contribution is -2.37. The van der Waals surface area contributed by atoms with Crippen LogP contribution in [0.5, 0.6) is 0 Å². The van der Waals surface area contributed by atoms with Crippen LogP contribution in [0.3, 0.4) is 0 Å². The molecule has 1 aromatic carbocycles. The molecule has 1 atom stereocenters. The zero-order chi connectivity index (χ0) is 14.6. The molecule has 0 aliphatic carbocycles. The Hall–Kier alpha value is -1.43. The van der Waals surface area contributed by atoms with Crippen molar-refractivity contribution in [3.63, 3.8) is 0 Å². The van der Waals surface area contributed by atoms with Gasteiger partial charge in [-0.25, -0.2) is 4.39 Å². The molecule has 1 aromatic rings. The molecule has 1 rings (SSSR count). The summed E-state index contributed by atoms with van der Waals surface area (Å²) in [4.78, 5) is 24.5. The second kappa shape index (κ2) is 6.65. The first-order valence-electron chi connectivity index (χ1n) is 5.84. The topological polar surface area (TPSA) is 57.6 Å². The molecule has 0 saturated heterocycles. The summed E-state index contributed by atoms with van der Waals surface area (Å²) in [5, 5.41) is 8.87. The number of aliphatic carboxylic acids is 1. The van der Waals surface area contributed by atoms with Crippen LogP contribution in [-0.2, 0) is 4.79 Å². The van der Waals surface area contributed by atoms with Crippen molar-refractivity contribution in [3.8, 4) is 0 Å². The molecule has 0 saturated carbocycles. The molecule has 0 aliphatic rings. The van der Waals surface area contributed by atoms with E-state index in [9.17, 15) is 14.0 Å². The molecular formula is C13H15BrFNO3. The van der Waals surface area contributed by atoms with Gasteiger partial charge in [0.05, 0.1) is 11.5 Å². The van der Waals surface area contributed by atoms with Crippen LogP contribution in [0.15, 0.2) is 22.7 Å². The van der Waals surface area contributed by atoms with Crippen molar-refractivity contribution in [1.29, 1.82) is 0 Å². The molecular weight excluding hydrogens is 317 g/mol. The van der Waals surface area contributed by atoms with Crippen molar-refractivity contribution in [2.75, 3.05) is 13.1 Å². The van der Waals surface area contributed by atoms with E-state index in [1.807, 2.05) is 0 Å². The Labute approximate surface area is 119 Å². The van der Waals surface area contributed by atoms with E-state index in [0.717, 1.165) is 6.07 Å². The van der Waals surface area contributed by atoms with Crippen molar-refractivity contribution in [1.82, 2.24) is 4.90 Å². The Morgan fingerprint density at radius 3 is 2.63 bits per heavy atom. The van der Waals surface area contributed by atoms with Crippen molar-refractivity contribution in [2.24, 2.45) is 5.92 Å². The summed E-state index contributed by atoms with van der Waals surface area (Å²) in [6.45, 7) is 3.73. The predicted octanol–water partition coefficient (Wildman–Crippen LogP) is 2.77. The van der Waals surface area contributed by atoms with Crippen LogP contribution in [0, 0.1) is 11.7 Å². The fourth-order valence-corrected chi connectivity index (χ4v) is 2.01. The van der Waals surface area contributed by atoms with Crippen LogP contribution in [0.1, 0.15) is 24.2 Å². The number of rotatable bonds is 5. The third-order valence-electron chi connectivity index (χ3n) is 2.74. The van der Waals surface area contributed by atoms with Gasteiger partial charge in [0.25, 0.3) is 5.91 Å². The zero-order valence-corrected chi connectivity index (χ0v) is 12.3. The highest BCUT2D eigenvalue weighted by Crippen LogP contribution is 2.20. The van der Waals surface area contributed by atoms with Crippen LogP contribution < -0.4 is 0 Å². The van der Waals surface area contributed by atoms with E-state index < -0.39 is 17.7 Å². The number of carboxylic acid groups (broad SMARTS) is 1. The summed E-state index contributed by atoms with van der Waals surface area (Å²) < 4.78 is 13.7. The lowest BCUT2D eigenvalue weighted by molar-refractivity contribution is -0.141. The van der Waals surface area contributed by atoms with Gasteiger partial charge < -0.3 is 10.0 Å². The summed E-state index contributed by atoms with van der Waals surface area (Å²) in [6.07, 6.45) is 0. The summed E-state index contributed by atoms with van der Waals surface area (Å²) in [6, 6.07) is 3.84. The Bertz CT molecular complexity index is 493. The van der Waals surface area contributed by atoms with E-state index >= 15 is 0 Å². The number of amides is 1. The number of carboxylic acids is 1. The molecule has 19 heavy (non-hydrogen) atoms. The van der Waals surface area contributed by atoms with E-state index in [4.69, 9.17) is 5.11 Å². The van der Waals surface area contributed by atoms with Gasteiger partial charge in [0.1, 0.15) is 5.82 Å². The average molecular weight is 332 g/mol. The summed E-state index contributed by atoms with van der Waals surface area (Å²) >= 11 is 3.19. The smallest absolute Gasteiger partial charge is 0.308 e. The summed E-state index contributed by atoms with van der Waals surface area (Å²) in [5.41, 5.74) is 0.194. The number of halogens is 2. The highest BCUT2D eigenvalue weighted by Gasteiger charge is 2.22. The largest absolute Gasteiger partial charge is 0.481 e. The maximum absolute atomic E-state index is 13.2. The van der Waals surface area contributed by atoms with Gasteiger partial charge in [0.2, 0.25) is 0 Å². The van der Waals surface area contributed by atoms with Gasteiger partial charge in [-0.05, 0) is 41.1 Å². The highest BCUT2D eigenvalue weighted by molar-refractivity contribution is 9.10. The van der Waals surface area contributed by atoms with E-state index in [1.54, 1.807) is 6.92 Å². The first-order valence-corrected chi connectivity index (χ1v) is 6.63. The number of hydrogen-bond acceptors (Lipinski definition) is 2. The lowest BCUT2D eigenvalue weighted by Gasteiger charge is -2.23. The molecule has 104 valence electrons. The summed E-state index contributed by atoms with van der Waals surface area (Å²) in [7, 11) is 0. The number of carbonyl (C=O) groups is 2. The first kappa shape index (κ1) is 15.6. The Morgan fingerprint density at radius 1 is 1.47 bits per heavy atom. The molecule has 0 spiro atoms. The van der Waals surface area contributed by atoms with Crippen molar-refractivity contribution >= 4 is 27.8 Å². The molecule has 0 aliphatic heterocycles. The summed E-state index contributed by atoms with van der Waals surface area (Å²) in [5.74, 6) is -2.53. The second-order valence-corrected chi connectivity index (χ2v) is 5.06.